The maximum atomic E-state index is 12.9. The number of rotatable bonds is 7. The molecule has 2 amide bonds. The zero-order valence-electron chi connectivity index (χ0n) is 14.8. The Labute approximate surface area is 167 Å². The van der Waals surface area contributed by atoms with Gasteiger partial charge in [-0.1, -0.05) is 51.8 Å². The van der Waals surface area contributed by atoms with Crippen molar-refractivity contribution in [2.75, 3.05) is 6.54 Å². The third kappa shape index (κ3) is 5.85. The molecule has 1 atom stereocenters. The van der Waals surface area contributed by atoms with Gasteiger partial charge in [-0.2, -0.15) is 0 Å². The summed E-state index contributed by atoms with van der Waals surface area (Å²) < 4.78 is 0.936. The highest BCUT2D eigenvalue weighted by atomic mass is 79.9. The third-order valence-electron chi connectivity index (χ3n) is 4.03. The molecule has 1 unspecified atom stereocenters. The average molecular weight is 438 g/mol. The van der Waals surface area contributed by atoms with E-state index in [4.69, 9.17) is 11.6 Å². The van der Waals surface area contributed by atoms with Gasteiger partial charge in [0.2, 0.25) is 11.8 Å². The molecule has 6 heteroatoms. The molecule has 0 bridgehead atoms. The first-order valence-electron chi connectivity index (χ1n) is 8.46. The number of carbonyl (C=O) groups is 2. The van der Waals surface area contributed by atoms with E-state index in [2.05, 4.69) is 21.2 Å². The molecule has 26 heavy (non-hydrogen) atoms. The molecule has 0 aliphatic rings. The van der Waals surface area contributed by atoms with Crippen molar-refractivity contribution in [3.63, 3.8) is 0 Å². The van der Waals surface area contributed by atoms with E-state index in [0.717, 1.165) is 15.6 Å². The maximum Gasteiger partial charge on any atom is 0.242 e. The van der Waals surface area contributed by atoms with Crippen molar-refractivity contribution < 1.29 is 9.59 Å². The van der Waals surface area contributed by atoms with Crippen LogP contribution in [0, 0.1) is 0 Å². The summed E-state index contributed by atoms with van der Waals surface area (Å²) >= 11 is 9.35. The molecule has 4 nitrogen and oxygen atoms in total. The zero-order valence-corrected chi connectivity index (χ0v) is 17.2. The van der Waals surface area contributed by atoms with Crippen LogP contribution in [0.4, 0.5) is 0 Å². The van der Waals surface area contributed by atoms with E-state index < -0.39 is 6.04 Å². The lowest BCUT2D eigenvalue weighted by Crippen LogP contribution is -2.48. The number of hydrogen-bond acceptors (Lipinski definition) is 2. The second kappa shape index (κ2) is 9.74. The minimum atomic E-state index is -0.561. The molecule has 0 spiro atoms. The molecule has 0 fully saturated rings. The van der Waals surface area contributed by atoms with E-state index in [1.807, 2.05) is 43.3 Å². The number of hydrogen-bond donors (Lipinski definition) is 1. The first-order chi connectivity index (χ1) is 12.4. The van der Waals surface area contributed by atoms with Crippen LogP contribution in [0.2, 0.25) is 5.02 Å². The van der Waals surface area contributed by atoms with Gasteiger partial charge in [-0.25, -0.2) is 0 Å². The first kappa shape index (κ1) is 20.5. The number of halogens is 2. The predicted octanol–water partition coefficient (Wildman–Crippen LogP) is 4.20. The summed E-state index contributed by atoms with van der Waals surface area (Å²) in [7, 11) is 0. The minimum absolute atomic E-state index is 0.106. The molecule has 0 aliphatic heterocycles. The van der Waals surface area contributed by atoms with E-state index >= 15 is 0 Å². The van der Waals surface area contributed by atoms with Crippen molar-refractivity contribution in [1.29, 1.82) is 0 Å². The summed E-state index contributed by atoms with van der Waals surface area (Å²) in [6.45, 7) is 4.50. The fourth-order valence-corrected chi connectivity index (χ4v) is 3.19. The highest BCUT2D eigenvalue weighted by molar-refractivity contribution is 9.10. The standard InChI is InChI=1S/C20H22BrClN2O2/c1-3-23-20(26)14(2)24(13-16-5-4-6-17(21)11-16)19(25)12-15-7-9-18(22)10-8-15/h4-11,14H,3,12-13H2,1-2H3,(H,23,26). The van der Waals surface area contributed by atoms with Crippen LogP contribution in [0.15, 0.2) is 53.0 Å². The van der Waals surface area contributed by atoms with Crippen LogP contribution in [0.5, 0.6) is 0 Å². The molecule has 138 valence electrons. The predicted molar refractivity (Wildman–Crippen MR) is 108 cm³/mol. The molecule has 2 aromatic carbocycles. The highest BCUT2D eigenvalue weighted by Crippen LogP contribution is 2.17. The van der Waals surface area contributed by atoms with Gasteiger partial charge in [-0.3, -0.25) is 9.59 Å². The van der Waals surface area contributed by atoms with Gasteiger partial charge in [-0.05, 0) is 49.2 Å². The smallest absolute Gasteiger partial charge is 0.242 e. The van der Waals surface area contributed by atoms with E-state index in [1.54, 1.807) is 24.0 Å². The highest BCUT2D eigenvalue weighted by Gasteiger charge is 2.25. The van der Waals surface area contributed by atoms with Crippen molar-refractivity contribution in [3.8, 4) is 0 Å². The monoisotopic (exact) mass is 436 g/mol. The van der Waals surface area contributed by atoms with E-state index in [-0.39, 0.29) is 18.2 Å². The topological polar surface area (TPSA) is 49.4 Å². The fourth-order valence-electron chi connectivity index (χ4n) is 2.62. The van der Waals surface area contributed by atoms with Gasteiger partial charge in [-0.15, -0.1) is 0 Å². The van der Waals surface area contributed by atoms with Crippen LogP contribution < -0.4 is 5.32 Å². The van der Waals surface area contributed by atoms with Gasteiger partial charge in [0.25, 0.3) is 0 Å². The number of benzene rings is 2. The molecule has 2 aromatic rings. The molecular weight excluding hydrogens is 416 g/mol. The summed E-state index contributed by atoms with van der Waals surface area (Å²) in [5.41, 5.74) is 1.82. The van der Waals surface area contributed by atoms with Crippen molar-refractivity contribution >= 4 is 39.3 Å². The Morgan fingerprint density at radius 1 is 1.15 bits per heavy atom. The van der Waals surface area contributed by atoms with Crippen LogP contribution in [0.1, 0.15) is 25.0 Å². The minimum Gasteiger partial charge on any atom is -0.355 e. The Morgan fingerprint density at radius 3 is 2.46 bits per heavy atom. The van der Waals surface area contributed by atoms with E-state index in [1.165, 1.54) is 0 Å². The maximum absolute atomic E-state index is 12.9. The number of carbonyl (C=O) groups excluding carboxylic acids is 2. The van der Waals surface area contributed by atoms with Crippen LogP contribution in [0.25, 0.3) is 0 Å². The summed E-state index contributed by atoms with van der Waals surface area (Å²) in [4.78, 5) is 26.9. The van der Waals surface area contributed by atoms with Gasteiger partial charge in [0, 0.05) is 22.6 Å². The normalized spacial score (nSPS) is 11.7. The Bertz CT molecular complexity index is 765. The van der Waals surface area contributed by atoms with Crippen LogP contribution in [-0.4, -0.2) is 29.3 Å². The Hall–Kier alpha value is -1.85. The van der Waals surface area contributed by atoms with Gasteiger partial charge in [0.15, 0.2) is 0 Å². The number of nitrogens with one attached hydrogen (secondary N) is 1. The van der Waals surface area contributed by atoms with Gasteiger partial charge in [0.05, 0.1) is 6.42 Å². The third-order valence-corrected chi connectivity index (χ3v) is 4.77. The van der Waals surface area contributed by atoms with E-state index in [0.29, 0.717) is 18.1 Å². The largest absolute Gasteiger partial charge is 0.355 e. The van der Waals surface area contributed by atoms with E-state index in [9.17, 15) is 9.59 Å². The van der Waals surface area contributed by atoms with Crippen molar-refractivity contribution in [1.82, 2.24) is 10.2 Å². The molecular formula is C20H22BrClN2O2. The van der Waals surface area contributed by atoms with Crippen LogP contribution >= 0.6 is 27.5 Å². The fraction of sp³-hybridized carbons (Fsp3) is 0.300. The Balaban J connectivity index is 2.21. The lowest BCUT2D eigenvalue weighted by molar-refractivity contribution is -0.140. The number of nitrogens with zero attached hydrogens (tertiary/aromatic N) is 1. The molecule has 0 saturated heterocycles. The molecule has 0 aromatic heterocycles. The van der Waals surface area contributed by atoms with Crippen molar-refractivity contribution in [3.05, 3.63) is 69.2 Å². The molecule has 0 saturated carbocycles. The van der Waals surface area contributed by atoms with Gasteiger partial charge in [0.1, 0.15) is 6.04 Å². The number of amides is 2. The number of likely N-dealkylation sites (N-methyl/N-ethyl adjacent to an activating group) is 1. The molecule has 0 heterocycles. The average Bonchev–Trinajstić information content (AvgIpc) is 2.61. The Morgan fingerprint density at radius 2 is 1.85 bits per heavy atom. The van der Waals surface area contributed by atoms with Crippen LogP contribution in [-0.2, 0) is 22.6 Å². The summed E-state index contributed by atoms with van der Waals surface area (Å²) in [5, 5.41) is 3.42. The van der Waals surface area contributed by atoms with Crippen LogP contribution in [0.3, 0.4) is 0 Å². The van der Waals surface area contributed by atoms with Crippen molar-refractivity contribution in [2.24, 2.45) is 0 Å². The van der Waals surface area contributed by atoms with Gasteiger partial charge >= 0.3 is 0 Å². The second-order valence-corrected chi connectivity index (χ2v) is 7.38. The molecule has 1 N–H and O–H groups in total. The Kier molecular flexibility index (Phi) is 7.66. The first-order valence-corrected chi connectivity index (χ1v) is 9.64. The summed E-state index contributed by atoms with van der Waals surface area (Å²) in [6.07, 6.45) is 0.217. The summed E-state index contributed by atoms with van der Waals surface area (Å²) in [6, 6.07) is 14.3. The SMILES string of the molecule is CCNC(=O)C(C)N(Cc1cccc(Br)c1)C(=O)Cc1ccc(Cl)cc1. The summed E-state index contributed by atoms with van der Waals surface area (Å²) in [5.74, 6) is -0.266. The second-order valence-electron chi connectivity index (χ2n) is 6.03. The lowest BCUT2D eigenvalue weighted by atomic mass is 10.1. The molecule has 0 aliphatic carbocycles. The molecule has 2 rings (SSSR count). The molecule has 0 radical (unpaired) electrons. The lowest BCUT2D eigenvalue weighted by Gasteiger charge is -2.29. The quantitative estimate of drug-likeness (QED) is 0.706. The van der Waals surface area contributed by atoms with Gasteiger partial charge < -0.3 is 10.2 Å². The zero-order chi connectivity index (χ0) is 19.1. The van der Waals surface area contributed by atoms with Crippen molar-refractivity contribution in [2.45, 2.75) is 32.9 Å².